The molecule has 10 heteroatoms. The van der Waals surface area contributed by atoms with Crippen LogP contribution in [0, 0.1) is 11.7 Å². The van der Waals surface area contributed by atoms with Gasteiger partial charge in [0.15, 0.2) is 11.4 Å². The summed E-state index contributed by atoms with van der Waals surface area (Å²) in [5, 5.41) is 11.9. The van der Waals surface area contributed by atoms with E-state index in [1.54, 1.807) is 29.2 Å². The van der Waals surface area contributed by atoms with Crippen LogP contribution in [0.15, 0.2) is 53.2 Å². The monoisotopic (exact) mass is 468 g/mol. The summed E-state index contributed by atoms with van der Waals surface area (Å²) in [7, 11) is 0. The lowest BCUT2D eigenvalue weighted by atomic mass is 9.90. The van der Waals surface area contributed by atoms with Gasteiger partial charge in [-0.2, -0.15) is 15.2 Å². The van der Waals surface area contributed by atoms with E-state index in [-0.39, 0.29) is 29.1 Å². The Morgan fingerprint density at radius 2 is 2.09 bits per heavy atom. The van der Waals surface area contributed by atoms with Gasteiger partial charge in [0.05, 0.1) is 24.0 Å². The first-order chi connectivity index (χ1) is 16.0. The van der Waals surface area contributed by atoms with E-state index >= 15 is 0 Å². The van der Waals surface area contributed by atoms with Crippen LogP contribution in [-0.2, 0) is 0 Å². The number of rotatable bonds is 5. The molecule has 0 radical (unpaired) electrons. The van der Waals surface area contributed by atoms with E-state index in [1.807, 2.05) is 0 Å². The van der Waals surface area contributed by atoms with Crippen molar-refractivity contribution in [2.45, 2.75) is 25.8 Å². The van der Waals surface area contributed by atoms with Crippen molar-refractivity contribution in [3.8, 4) is 5.69 Å². The molecule has 2 aromatic heterocycles. The molecule has 1 saturated heterocycles. The van der Waals surface area contributed by atoms with Gasteiger partial charge in [-0.1, -0.05) is 24.6 Å². The molecule has 33 heavy (non-hydrogen) atoms. The quantitative estimate of drug-likeness (QED) is 0.462. The summed E-state index contributed by atoms with van der Waals surface area (Å²) in [5.74, 6) is -0.583. The SMILES string of the molecule is C[C@@H]1CCCN(C(=O)c2cccc(F)c2-n2nccn2)[C@@H]1CNc1nc2cc(Cl)ccc2o1. The number of aromatic nitrogens is 4. The zero-order valence-corrected chi connectivity index (χ0v) is 18.7. The van der Waals surface area contributed by atoms with Crippen molar-refractivity contribution in [2.24, 2.45) is 5.92 Å². The van der Waals surface area contributed by atoms with E-state index < -0.39 is 5.82 Å². The summed E-state index contributed by atoms with van der Waals surface area (Å²) in [6, 6.07) is 9.91. The summed E-state index contributed by atoms with van der Waals surface area (Å²) in [4.78, 5) is 21.0. The van der Waals surface area contributed by atoms with E-state index in [0.717, 1.165) is 17.6 Å². The third kappa shape index (κ3) is 4.16. The number of para-hydroxylation sites is 1. The summed E-state index contributed by atoms with van der Waals surface area (Å²) >= 11 is 6.04. The Balaban J connectivity index is 1.41. The van der Waals surface area contributed by atoms with Gasteiger partial charge in [-0.15, -0.1) is 4.80 Å². The Hall–Kier alpha value is -3.46. The number of hydrogen-bond acceptors (Lipinski definition) is 6. The molecule has 2 atom stereocenters. The normalized spacial score (nSPS) is 18.6. The smallest absolute Gasteiger partial charge is 0.295 e. The van der Waals surface area contributed by atoms with E-state index in [2.05, 4.69) is 27.4 Å². The molecule has 0 saturated carbocycles. The number of nitrogens with zero attached hydrogens (tertiary/aromatic N) is 5. The van der Waals surface area contributed by atoms with Crippen LogP contribution in [-0.4, -0.2) is 49.9 Å². The number of fused-ring (bicyclic) bond motifs is 1. The molecule has 0 aliphatic carbocycles. The number of halogens is 2. The maximum atomic E-state index is 14.7. The molecule has 8 nitrogen and oxygen atoms in total. The number of benzene rings is 2. The van der Waals surface area contributed by atoms with Gasteiger partial charge in [0, 0.05) is 18.1 Å². The summed E-state index contributed by atoms with van der Waals surface area (Å²) < 4.78 is 20.5. The van der Waals surface area contributed by atoms with Crippen LogP contribution in [0.5, 0.6) is 0 Å². The summed E-state index contributed by atoms with van der Waals surface area (Å²) in [6.45, 7) is 3.12. The van der Waals surface area contributed by atoms with E-state index in [9.17, 15) is 9.18 Å². The van der Waals surface area contributed by atoms with E-state index in [4.69, 9.17) is 16.0 Å². The van der Waals surface area contributed by atoms with Gasteiger partial charge in [0.2, 0.25) is 0 Å². The lowest BCUT2D eigenvalue weighted by molar-refractivity contribution is 0.0538. The predicted molar refractivity (Wildman–Crippen MR) is 122 cm³/mol. The third-order valence-electron chi connectivity index (χ3n) is 6.02. The number of likely N-dealkylation sites (tertiary alicyclic amines) is 1. The minimum absolute atomic E-state index is 0.0493. The lowest BCUT2D eigenvalue weighted by Gasteiger charge is -2.40. The average Bonchev–Trinajstić information content (AvgIpc) is 3.47. The summed E-state index contributed by atoms with van der Waals surface area (Å²) in [5.41, 5.74) is 1.56. The van der Waals surface area contributed by atoms with Crippen molar-refractivity contribution in [3.63, 3.8) is 0 Å². The van der Waals surface area contributed by atoms with Gasteiger partial charge in [-0.25, -0.2) is 4.39 Å². The Kier molecular flexibility index (Phi) is 5.72. The van der Waals surface area contributed by atoms with Crippen molar-refractivity contribution in [1.82, 2.24) is 24.9 Å². The Morgan fingerprint density at radius 3 is 2.91 bits per heavy atom. The zero-order valence-electron chi connectivity index (χ0n) is 17.9. The van der Waals surface area contributed by atoms with E-state index in [1.165, 1.54) is 24.5 Å². The van der Waals surface area contributed by atoms with Crippen LogP contribution < -0.4 is 5.32 Å². The number of nitrogens with one attached hydrogen (secondary N) is 1. The van der Waals surface area contributed by atoms with Crippen LogP contribution in [0.2, 0.25) is 5.02 Å². The van der Waals surface area contributed by atoms with Gasteiger partial charge in [-0.05, 0) is 49.1 Å². The number of amides is 1. The van der Waals surface area contributed by atoms with Crippen molar-refractivity contribution in [1.29, 1.82) is 0 Å². The van der Waals surface area contributed by atoms with Crippen LogP contribution in [0.4, 0.5) is 10.4 Å². The average molecular weight is 469 g/mol. The van der Waals surface area contributed by atoms with Crippen LogP contribution in [0.1, 0.15) is 30.1 Å². The van der Waals surface area contributed by atoms with E-state index in [0.29, 0.717) is 35.2 Å². The highest BCUT2D eigenvalue weighted by atomic mass is 35.5. The first-order valence-corrected chi connectivity index (χ1v) is 11.1. The molecule has 1 aliphatic heterocycles. The number of hydrogen-bond donors (Lipinski definition) is 1. The first-order valence-electron chi connectivity index (χ1n) is 10.8. The molecule has 1 amide bonds. The zero-order chi connectivity index (χ0) is 22.9. The minimum atomic E-state index is -0.554. The molecule has 0 bridgehead atoms. The number of piperidine rings is 1. The largest absolute Gasteiger partial charge is 0.424 e. The molecule has 0 unspecified atom stereocenters. The molecule has 2 aromatic carbocycles. The lowest BCUT2D eigenvalue weighted by Crippen LogP contribution is -2.51. The topological polar surface area (TPSA) is 89.1 Å². The molecule has 0 spiro atoms. The first kappa shape index (κ1) is 21.4. The molecule has 170 valence electrons. The fourth-order valence-corrected chi connectivity index (χ4v) is 4.52. The predicted octanol–water partition coefficient (Wildman–Crippen LogP) is 4.55. The summed E-state index contributed by atoms with van der Waals surface area (Å²) in [6.07, 6.45) is 4.75. The maximum Gasteiger partial charge on any atom is 0.295 e. The maximum absolute atomic E-state index is 14.7. The Labute approximate surface area is 194 Å². The standard InChI is InChI=1S/C23H22ClFN6O2/c1-14-4-3-11-30(19(14)13-26-23-29-18-12-15(24)7-8-20(18)33-23)22(32)16-5-2-6-17(25)21(16)31-27-9-10-28-31/h2,5-10,12,14,19H,3-4,11,13H2,1H3,(H,26,29)/t14-,19-/m1/s1. The van der Waals surface area contributed by atoms with Crippen molar-refractivity contribution in [3.05, 3.63) is 65.2 Å². The van der Waals surface area contributed by atoms with Crippen molar-refractivity contribution in [2.75, 3.05) is 18.4 Å². The van der Waals surface area contributed by atoms with Crippen molar-refractivity contribution >= 4 is 34.6 Å². The Morgan fingerprint density at radius 1 is 1.27 bits per heavy atom. The highest BCUT2D eigenvalue weighted by Gasteiger charge is 2.34. The fourth-order valence-electron chi connectivity index (χ4n) is 4.36. The second-order valence-electron chi connectivity index (χ2n) is 8.15. The molecule has 4 aromatic rings. The molecule has 1 N–H and O–H groups in total. The molecule has 1 fully saturated rings. The van der Waals surface area contributed by atoms with Crippen LogP contribution >= 0.6 is 11.6 Å². The highest BCUT2D eigenvalue weighted by molar-refractivity contribution is 6.31. The molecule has 1 aliphatic rings. The number of anilines is 1. The van der Waals surface area contributed by atoms with Gasteiger partial charge in [0.1, 0.15) is 11.2 Å². The van der Waals surface area contributed by atoms with Gasteiger partial charge in [-0.3, -0.25) is 4.79 Å². The molecular formula is C23H22ClFN6O2. The fraction of sp³-hybridized carbons (Fsp3) is 0.304. The van der Waals surface area contributed by atoms with Crippen LogP contribution in [0.25, 0.3) is 16.8 Å². The van der Waals surface area contributed by atoms with Gasteiger partial charge < -0.3 is 14.6 Å². The van der Waals surface area contributed by atoms with Crippen LogP contribution in [0.3, 0.4) is 0 Å². The minimum Gasteiger partial charge on any atom is -0.424 e. The van der Waals surface area contributed by atoms with Gasteiger partial charge >= 0.3 is 0 Å². The number of carbonyl (C=O) groups excluding carboxylic acids is 1. The number of oxazole rings is 1. The van der Waals surface area contributed by atoms with Crippen molar-refractivity contribution < 1.29 is 13.6 Å². The molecule has 5 rings (SSSR count). The second kappa shape index (κ2) is 8.82. The molecule has 3 heterocycles. The Bertz CT molecular complexity index is 1290. The highest BCUT2D eigenvalue weighted by Crippen LogP contribution is 2.28. The van der Waals surface area contributed by atoms with Gasteiger partial charge in [0.25, 0.3) is 11.9 Å². The second-order valence-corrected chi connectivity index (χ2v) is 8.59. The number of carbonyl (C=O) groups is 1. The molecular weight excluding hydrogens is 447 g/mol. The third-order valence-corrected chi connectivity index (χ3v) is 6.26.